The highest BCUT2D eigenvalue weighted by atomic mass is 32.2. The van der Waals surface area contributed by atoms with E-state index in [0.717, 1.165) is 16.5 Å². The summed E-state index contributed by atoms with van der Waals surface area (Å²) in [7, 11) is 0. The van der Waals surface area contributed by atoms with Crippen LogP contribution < -0.4 is 0 Å². The van der Waals surface area contributed by atoms with Gasteiger partial charge < -0.3 is 4.74 Å². The van der Waals surface area contributed by atoms with E-state index in [9.17, 15) is 17.6 Å². The predicted molar refractivity (Wildman–Crippen MR) is 102 cm³/mol. The summed E-state index contributed by atoms with van der Waals surface area (Å²) in [4.78, 5) is 1.53. The van der Waals surface area contributed by atoms with Crippen LogP contribution >= 0.6 is 23.5 Å². The Morgan fingerprint density at radius 2 is 1.93 bits per heavy atom. The molecule has 2 aromatic rings. The van der Waals surface area contributed by atoms with Gasteiger partial charge in [0.2, 0.25) is 0 Å². The highest BCUT2D eigenvalue weighted by molar-refractivity contribution is 8.00. The third-order valence-corrected chi connectivity index (χ3v) is 6.80. The molecule has 2 atom stereocenters. The highest BCUT2D eigenvalue weighted by Crippen LogP contribution is 2.47. The Bertz CT molecular complexity index is 809. The number of hydrogen-bond acceptors (Lipinski definition) is 3. The molecule has 146 valence electrons. The first kappa shape index (κ1) is 20.6. The summed E-state index contributed by atoms with van der Waals surface area (Å²) in [5, 5.41) is 0. The van der Waals surface area contributed by atoms with Crippen LogP contribution in [-0.4, -0.2) is 17.6 Å². The fraction of sp³-hybridized carbons (Fsp3) is 0.400. The van der Waals surface area contributed by atoms with E-state index in [-0.39, 0.29) is 16.7 Å². The van der Waals surface area contributed by atoms with Crippen LogP contribution in [0.1, 0.15) is 37.0 Å². The molecule has 0 saturated carbocycles. The van der Waals surface area contributed by atoms with Gasteiger partial charge in [-0.3, -0.25) is 0 Å². The van der Waals surface area contributed by atoms with E-state index >= 15 is 0 Å². The minimum Gasteiger partial charge on any atom is -0.373 e. The second-order valence-electron chi connectivity index (χ2n) is 6.78. The Morgan fingerprint density at radius 3 is 2.63 bits per heavy atom. The number of ether oxygens (including phenoxy) is 1. The molecule has 27 heavy (non-hydrogen) atoms. The summed E-state index contributed by atoms with van der Waals surface area (Å²) in [6.45, 7) is 2.52. The van der Waals surface area contributed by atoms with Crippen molar-refractivity contribution in [3.05, 3.63) is 59.4 Å². The van der Waals surface area contributed by atoms with E-state index in [1.54, 1.807) is 12.1 Å². The number of alkyl halides is 3. The largest absolute Gasteiger partial charge is 0.416 e. The van der Waals surface area contributed by atoms with Crippen LogP contribution in [-0.2, 0) is 10.9 Å². The molecule has 0 radical (unpaired) electrons. The van der Waals surface area contributed by atoms with Crippen LogP contribution in [0, 0.1) is 5.82 Å². The minimum absolute atomic E-state index is 0.278. The fourth-order valence-corrected chi connectivity index (χ4v) is 5.19. The van der Waals surface area contributed by atoms with E-state index in [4.69, 9.17) is 4.74 Å². The van der Waals surface area contributed by atoms with Crippen molar-refractivity contribution < 1.29 is 22.3 Å². The van der Waals surface area contributed by atoms with E-state index in [1.807, 2.05) is 13.2 Å². The topological polar surface area (TPSA) is 9.23 Å². The molecule has 7 heteroatoms. The van der Waals surface area contributed by atoms with Gasteiger partial charge in [-0.25, -0.2) is 4.39 Å². The number of hydrogen-bond donors (Lipinski definition) is 0. The molecule has 1 aliphatic rings. The fourth-order valence-electron chi connectivity index (χ4n) is 3.24. The molecule has 0 bridgehead atoms. The van der Waals surface area contributed by atoms with E-state index in [1.165, 1.54) is 47.8 Å². The molecule has 1 saturated heterocycles. The van der Waals surface area contributed by atoms with Gasteiger partial charge in [-0.15, -0.1) is 23.5 Å². The van der Waals surface area contributed by atoms with Gasteiger partial charge in [0, 0.05) is 21.1 Å². The first-order valence-electron chi connectivity index (χ1n) is 8.51. The van der Waals surface area contributed by atoms with Gasteiger partial charge in [0.25, 0.3) is 0 Å². The van der Waals surface area contributed by atoms with Crippen molar-refractivity contribution >= 4 is 23.5 Å². The van der Waals surface area contributed by atoms with Crippen LogP contribution in [0.25, 0.3) is 0 Å². The lowest BCUT2D eigenvalue weighted by atomic mass is 9.92. The molecule has 0 amide bonds. The zero-order chi connectivity index (χ0) is 19.7. The Balaban J connectivity index is 1.82. The van der Waals surface area contributed by atoms with Gasteiger partial charge in [0.05, 0.1) is 11.7 Å². The maximum Gasteiger partial charge on any atom is 0.416 e. The maximum absolute atomic E-state index is 13.8. The van der Waals surface area contributed by atoms with Gasteiger partial charge in [0.1, 0.15) is 5.82 Å². The van der Waals surface area contributed by atoms with Gasteiger partial charge in [-0.1, -0.05) is 6.07 Å². The normalized spacial score (nSPS) is 23.4. The van der Waals surface area contributed by atoms with Crippen LogP contribution in [0.15, 0.2) is 52.3 Å². The molecule has 1 fully saturated rings. The van der Waals surface area contributed by atoms with Crippen LogP contribution in [0.4, 0.5) is 17.6 Å². The summed E-state index contributed by atoms with van der Waals surface area (Å²) in [5.41, 5.74) is 0.160. The second kappa shape index (κ2) is 8.05. The molecule has 0 N–H and O–H groups in total. The Morgan fingerprint density at radius 1 is 1.15 bits per heavy atom. The highest BCUT2D eigenvalue weighted by Gasteiger charge is 2.36. The number of rotatable bonds is 4. The van der Waals surface area contributed by atoms with Crippen molar-refractivity contribution in [1.29, 1.82) is 0 Å². The van der Waals surface area contributed by atoms with Gasteiger partial charge in [-0.2, -0.15) is 13.2 Å². The Hall–Kier alpha value is -1.18. The molecule has 2 aromatic carbocycles. The molecule has 0 aliphatic carbocycles. The molecule has 1 heterocycles. The van der Waals surface area contributed by atoms with Crippen molar-refractivity contribution in [2.45, 2.75) is 46.6 Å². The lowest BCUT2D eigenvalue weighted by Crippen LogP contribution is -2.32. The smallest absolute Gasteiger partial charge is 0.373 e. The third-order valence-electron chi connectivity index (χ3n) is 4.63. The van der Waals surface area contributed by atoms with Crippen molar-refractivity contribution in [2.75, 3.05) is 12.9 Å². The van der Waals surface area contributed by atoms with Crippen molar-refractivity contribution in [3.8, 4) is 0 Å². The van der Waals surface area contributed by atoms with Gasteiger partial charge in [0.15, 0.2) is 0 Å². The molecule has 0 aromatic heterocycles. The summed E-state index contributed by atoms with van der Waals surface area (Å²) in [5.74, 6) is -0.316. The van der Waals surface area contributed by atoms with Crippen molar-refractivity contribution in [1.82, 2.24) is 0 Å². The summed E-state index contributed by atoms with van der Waals surface area (Å²) < 4.78 is 58.3. The van der Waals surface area contributed by atoms with E-state index in [0.29, 0.717) is 24.3 Å². The van der Waals surface area contributed by atoms with Crippen LogP contribution in [0.3, 0.4) is 0 Å². The number of halogens is 4. The monoisotopic (exact) mass is 416 g/mol. The van der Waals surface area contributed by atoms with Crippen molar-refractivity contribution in [2.24, 2.45) is 0 Å². The minimum atomic E-state index is -4.36. The lowest BCUT2D eigenvalue weighted by molar-refractivity contribution is -0.137. The zero-order valence-electron chi connectivity index (χ0n) is 15.0. The molecule has 1 nitrogen and oxygen atoms in total. The first-order chi connectivity index (χ1) is 12.7. The van der Waals surface area contributed by atoms with Gasteiger partial charge >= 0.3 is 6.18 Å². The maximum atomic E-state index is 13.8. The molecule has 0 spiro atoms. The van der Waals surface area contributed by atoms with E-state index in [2.05, 4.69) is 0 Å². The Kier molecular flexibility index (Phi) is 6.13. The SMILES string of the molecule is CSc1ccc(F)cc1C1CC(C)(Sc2cccc(C(F)(F)F)c2)CCO1. The van der Waals surface area contributed by atoms with Gasteiger partial charge in [-0.05, 0) is 68.0 Å². The van der Waals surface area contributed by atoms with Crippen LogP contribution in [0.2, 0.25) is 0 Å². The predicted octanol–water partition coefficient (Wildman–Crippen LogP) is 6.97. The third kappa shape index (κ3) is 5.00. The zero-order valence-corrected chi connectivity index (χ0v) is 16.6. The number of thioether (sulfide) groups is 2. The summed E-state index contributed by atoms with van der Waals surface area (Å²) in [6.07, 6.45) is -1.39. The average Bonchev–Trinajstić information content (AvgIpc) is 2.61. The molecular weight excluding hydrogens is 396 g/mol. The quantitative estimate of drug-likeness (QED) is 0.393. The molecular formula is C20H20F4OS2. The van der Waals surface area contributed by atoms with E-state index < -0.39 is 11.7 Å². The van der Waals surface area contributed by atoms with Crippen LogP contribution in [0.5, 0.6) is 0 Å². The standard InChI is InChI=1S/C20H20F4OS2/c1-19(27-15-5-3-4-13(10-15)20(22,23)24)8-9-25-17(12-19)16-11-14(21)6-7-18(16)26-2/h3-7,10-11,17H,8-9,12H2,1-2H3. The lowest BCUT2D eigenvalue weighted by Gasteiger charge is -2.38. The summed E-state index contributed by atoms with van der Waals surface area (Å²) >= 11 is 2.96. The average molecular weight is 417 g/mol. The molecule has 1 aliphatic heterocycles. The molecule has 2 unspecified atom stereocenters. The Labute approximate surface area is 164 Å². The first-order valence-corrected chi connectivity index (χ1v) is 10.6. The summed E-state index contributed by atoms with van der Waals surface area (Å²) in [6, 6.07) is 10.1. The number of benzene rings is 2. The second-order valence-corrected chi connectivity index (χ2v) is 9.29. The molecule has 3 rings (SSSR count). The van der Waals surface area contributed by atoms with Crippen molar-refractivity contribution in [3.63, 3.8) is 0 Å².